The van der Waals surface area contributed by atoms with Gasteiger partial charge >= 0.3 is 0 Å². The highest BCUT2D eigenvalue weighted by atomic mass is 15.1. The van der Waals surface area contributed by atoms with Crippen molar-refractivity contribution in [1.29, 1.82) is 0 Å². The third kappa shape index (κ3) is 3.53. The van der Waals surface area contributed by atoms with E-state index in [-0.39, 0.29) is 0 Å². The fourth-order valence-electron chi connectivity index (χ4n) is 3.98. The lowest BCUT2D eigenvalue weighted by Gasteiger charge is -2.30. The van der Waals surface area contributed by atoms with Gasteiger partial charge in [-0.1, -0.05) is 19.3 Å². The summed E-state index contributed by atoms with van der Waals surface area (Å²) in [5.74, 6) is 0.858. The predicted molar refractivity (Wildman–Crippen MR) is 92.3 cm³/mol. The number of rotatable bonds is 4. The van der Waals surface area contributed by atoms with Gasteiger partial charge in [0.2, 0.25) is 0 Å². The Morgan fingerprint density at radius 2 is 1.76 bits per heavy atom. The first-order valence-electron chi connectivity index (χ1n) is 8.86. The molecule has 1 saturated heterocycles. The lowest BCUT2D eigenvalue weighted by Crippen LogP contribution is -2.28. The van der Waals surface area contributed by atoms with Gasteiger partial charge in [-0.2, -0.15) is 0 Å². The molecule has 1 atom stereocenters. The molecule has 0 spiro atoms. The molecule has 1 aromatic carbocycles. The van der Waals surface area contributed by atoms with Gasteiger partial charge < -0.3 is 10.2 Å². The van der Waals surface area contributed by atoms with Crippen molar-refractivity contribution in [2.45, 2.75) is 64.8 Å². The standard InChI is InChI=1S/C19H30N2/c1-15-14-18(21-12-6-7-13-21)10-11-19(15)20-16(2)17-8-4-3-5-9-17/h10-11,14,16-17,20H,3-9,12-13H2,1-2H3. The van der Waals surface area contributed by atoms with Crippen molar-refractivity contribution in [2.24, 2.45) is 5.92 Å². The van der Waals surface area contributed by atoms with Gasteiger partial charge in [-0.15, -0.1) is 0 Å². The van der Waals surface area contributed by atoms with Crippen LogP contribution in [-0.4, -0.2) is 19.1 Å². The van der Waals surface area contributed by atoms with Gasteiger partial charge in [0.1, 0.15) is 0 Å². The molecule has 2 nitrogen and oxygen atoms in total. The predicted octanol–water partition coefficient (Wildman–Crippen LogP) is 4.98. The summed E-state index contributed by atoms with van der Waals surface area (Å²) in [6, 6.07) is 7.55. The van der Waals surface area contributed by atoms with Crippen LogP contribution in [0.25, 0.3) is 0 Å². The summed E-state index contributed by atoms with van der Waals surface area (Å²) >= 11 is 0. The number of hydrogen-bond donors (Lipinski definition) is 1. The van der Waals surface area contributed by atoms with E-state index in [0.717, 1.165) is 5.92 Å². The van der Waals surface area contributed by atoms with Crippen LogP contribution in [0.15, 0.2) is 18.2 Å². The molecule has 1 aromatic rings. The average Bonchev–Trinajstić information content (AvgIpc) is 3.04. The van der Waals surface area contributed by atoms with E-state index in [1.165, 1.54) is 75.0 Å². The molecule has 1 heterocycles. The van der Waals surface area contributed by atoms with Crippen LogP contribution in [0.4, 0.5) is 11.4 Å². The molecule has 2 heteroatoms. The van der Waals surface area contributed by atoms with Gasteiger partial charge in [0.25, 0.3) is 0 Å². The summed E-state index contributed by atoms with van der Waals surface area (Å²) in [6.07, 6.45) is 9.77. The second kappa shape index (κ2) is 6.72. The van der Waals surface area contributed by atoms with Gasteiger partial charge in [0, 0.05) is 30.5 Å². The highest BCUT2D eigenvalue weighted by molar-refractivity contribution is 5.60. The van der Waals surface area contributed by atoms with Gasteiger partial charge in [-0.05, 0) is 69.2 Å². The Morgan fingerprint density at radius 1 is 1.05 bits per heavy atom. The van der Waals surface area contributed by atoms with Crippen LogP contribution in [0.5, 0.6) is 0 Å². The molecule has 116 valence electrons. The highest BCUT2D eigenvalue weighted by Crippen LogP contribution is 2.30. The van der Waals surface area contributed by atoms with Crippen LogP contribution in [0.3, 0.4) is 0 Å². The first-order valence-corrected chi connectivity index (χ1v) is 8.86. The zero-order valence-corrected chi connectivity index (χ0v) is 13.7. The lowest BCUT2D eigenvalue weighted by molar-refractivity contribution is 0.328. The van der Waals surface area contributed by atoms with Crippen molar-refractivity contribution in [2.75, 3.05) is 23.3 Å². The molecule has 2 fully saturated rings. The second-order valence-corrected chi connectivity index (χ2v) is 7.02. The molecule has 1 unspecified atom stereocenters. The smallest absolute Gasteiger partial charge is 0.0373 e. The van der Waals surface area contributed by atoms with Gasteiger partial charge in [-0.25, -0.2) is 0 Å². The number of nitrogens with zero attached hydrogens (tertiary/aromatic N) is 1. The Morgan fingerprint density at radius 3 is 2.43 bits per heavy atom. The van der Waals surface area contributed by atoms with Gasteiger partial charge in [-0.3, -0.25) is 0 Å². The minimum atomic E-state index is 0.599. The third-order valence-electron chi connectivity index (χ3n) is 5.42. The molecular formula is C19H30N2. The Bertz CT molecular complexity index is 457. The summed E-state index contributed by atoms with van der Waals surface area (Å²) < 4.78 is 0. The summed E-state index contributed by atoms with van der Waals surface area (Å²) in [5, 5.41) is 3.78. The minimum absolute atomic E-state index is 0.599. The van der Waals surface area contributed by atoms with E-state index in [0.29, 0.717) is 6.04 Å². The van der Waals surface area contributed by atoms with E-state index < -0.39 is 0 Å². The Labute approximate surface area is 129 Å². The third-order valence-corrected chi connectivity index (χ3v) is 5.42. The quantitative estimate of drug-likeness (QED) is 0.840. The molecule has 0 amide bonds. The fraction of sp³-hybridized carbons (Fsp3) is 0.684. The van der Waals surface area contributed by atoms with Crippen molar-refractivity contribution in [3.05, 3.63) is 23.8 Å². The Hall–Kier alpha value is -1.18. The summed E-state index contributed by atoms with van der Waals surface area (Å²) in [4.78, 5) is 2.52. The van der Waals surface area contributed by atoms with E-state index in [9.17, 15) is 0 Å². The van der Waals surface area contributed by atoms with E-state index >= 15 is 0 Å². The number of nitrogens with one attached hydrogen (secondary N) is 1. The molecule has 1 N–H and O–H groups in total. The van der Waals surface area contributed by atoms with E-state index in [1.807, 2.05) is 0 Å². The molecule has 1 saturated carbocycles. The molecule has 1 aliphatic carbocycles. The van der Waals surface area contributed by atoms with Crippen LogP contribution < -0.4 is 10.2 Å². The average molecular weight is 286 g/mol. The summed E-state index contributed by atoms with van der Waals surface area (Å²) in [7, 11) is 0. The normalized spacial score (nSPS) is 21.5. The van der Waals surface area contributed by atoms with Crippen LogP contribution in [0, 0.1) is 12.8 Å². The molecule has 0 radical (unpaired) electrons. The largest absolute Gasteiger partial charge is 0.382 e. The van der Waals surface area contributed by atoms with Crippen molar-refractivity contribution in [3.63, 3.8) is 0 Å². The van der Waals surface area contributed by atoms with Gasteiger partial charge in [0.05, 0.1) is 0 Å². The topological polar surface area (TPSA) is 15.3 Å². The van der Waals surface area contributed by atoms with Crippen LogP contribution >= 0.6 is 0 Å². The molecule has 2 aliphatic rings. The maximum absolute atomic E-state index is 3.78. The second-order valence-electron chi connectivity index (χ2n) is 7.02. The van der Waals surface area contributed by atoms with Crippen LogP contribution in [0.1, 0.15) is 57.4 Å². The fourth-order valence-corrected chi connectivity index (χ4v) is 3.98. The molecule has 3 rings (SSSR count). The Balaban J connectivity index is 1.64. The highest BCUT2D eigenvalue weighted by Gasteiger charge is 2.20. The molecule has 0 aromatic heterocycles. The first kappa shape index (κ1) is 14.7. The van der Waals surface area contributed by atoms with E-state index in [2.05, 4.69) is 42.3 Å². The lowest BCUT2D eigenvalue weighted by atomic mass is 9.84. The zero-order valence-electron chi connectivity index (χ0n) is 13.7. The molecular weight excluding hydrogens is 256 g/mol. The maximum Gasteiger partial charge on any atom is 0.0373 e. The van der Waals surface area contributed by atoms with Crippen molar-refractivity contribution in [1.82, 2.24) is 0 Å². The SMILES string of the molecule is Cc1cc(N2CCCC2)ccc1NC(C)C1CCCCC1. The molecule has 0 bridgehead atoms. The molecule has 21 heavy (non-hydrogen) atoms. The van der Waals surface area contributed by atoms with E-state index in [1.54, 1.807) is 0 Å². The zero-order chi connectivity index (χ0) is 14.7. The number of aryl methyl sites for hydroxylation is 1. The monoisotopic (exact) mass is 286 g/mol. The molecule has 1 aliphatic heterocycles. The van der Waals surface area contributed by atoms with Crippen molar-refractivity contribution < 1.29 is 0 Å². The van der Waals surface area contributed by atoms with Crippen LogP contribution in [0.2, 0.25) is 0 Å². The van der Waals surface area contributed by atoms with Gasteiger partial charge in [0.15, 0.2) is 0 Å². The summed E-state index contributed by atoms with van der Waals surface area (Å²) in [6.45, 7) is 7.06. The number of hydrogen-bond acceptors (Lipinski definition) is 2. The first-order chi connectivity index (χ1) is 10.2. The minimum Gasteiger partial charge on any atom is -0.382 e. The maximum atomic E-state index is 3.78. The number of benzene rings is 1. The van der Waals surface area contributed by atoms with Crippen LogP contribution in [-0.2, 0) is 0 Å². The van der Waals surface area contributed by atoms with Crippen molar-refractivity contribution >= 4 is 11.4 Å². The summed E-state index contributed by atoms with van der Waals surface area (Å²) in [5.41, 5.74) is 4.12. The van der Waals surface area contributed by atoms with E-state index in [4.69, 9.17) is 0 Å². The Kier molecular flexibility index (Phi) is 4.72. The van der Waals surface area contributed by atoms with Crippen molar-refractivity contribution in [3.8, 4) is 0 Å². The number of anilines is 2.